The Balaban J connectivity index is 2.05. The average molecular weight is 291 g/mol. The maximum atomic E-state index is 11.9. The molecule has 5 N–H and O–H groups in total. The first-order chi connectivity index (χ1) is 10.2. The third-order valence-corrected chi connectivity index (χ3v) is 3.57. The van der Waals surface area contributed by atoms with E-state index in [0.717, 1.165) is 37.9 Å². The molecular formula is C17H29N3O. The Morgan fingerprint density at radius 1 is 1.00 bits per heavy atom. The molecule has 0 aliphatic heterocycles. The first kappa shape index (κ1) is 17.7. The highest BCUT2D eigenvalue weighted by Gasteiger charge is 2.12. The fraction of sp³-hybridized carbons (Fsp3) is 0.588. The fourth-order valence-electron chi connectivity index (χ4n) is 2.28. The predicted octanol–water partition coefficient (Wildman–Crippen LogP) is 1.97. The van der Waals surface area contributed by atoms with E-state index in [1.165, 1.54) is 19.3 Å². The molecule has 0 saturated heterocycles. The van der Waals surface area contributed by atoms with E-state index in [2.05, 4.69) is 5.32 Å². The van der Waals surface area contributed by atoms with E-state index >= 15 is 0 Å². The first-order valence-electron chi connectivity index (χ1n) is 8.01. The lowest BCUT2D eigenvalue weighted by atomic mass is 10.1. The summed E-state index contributed by atoms with van der Waals surface area (Å²) in [5.41, 5.74) is 12.5. The zero-order valence-electron chi connectivity index (χ0n) is 12.9. The Bertz CT molecular complexity index is 381. The van der Waals surface area contributed by atoms with Gasteiger partial charge in [0.05, 0.1) is 6.04 Å². The van der Waals surface area contributed by atoms with Gasteiger partial charge in [0.2, 0.25) is 5.91 Å². The summed E-state index contributed by atoms with van der Waals surface area (Å²) in [6.07, 6.45) is 7.54. The number of benzene rings is 1. The average Bonchev–Trinajstić information content (AvgIpc) is 2.50. The number of unbranched alkanes of at least 4 members (excludes halogenated alkanes) is 5. The molecule has 1 atom stereocenters. The molecule has 4 heteroatoms. The van der Waals surface area contributed by atoms with Crippen LogP contribution in [-0.2, 0) is 11.2 Å². The molecule has 21 heavy (non-hydrogen) atoms. The van der Waals surface area contributed by atoms with Gasteiger partial charge in [-0.1, -0.05) is 56.0 Å². The van der Waals surface area contributed by atoms with Crippen molar-refractivity contribution in [3.63, 3.8) is 0 Å². The van der Waals surface area contributed by atoms with Crippen LogP contribution in [0.4, 0.5) is 0 Å². The zero-order chi connectivity index (χ0) is 15.3. The van der Waals surface area contributed by atoms with Crippen molar-refractivity contribution >= 4 is 5.91 Å². The van der Waals surface area contributed by atoms with Gasteiger partial charge in [-0.15, -0.1) is 0 Å². The standard InChI is InChI=1S/C17H29N3O/c18-12-8-3-1-2-4-9-13-20-17(21)16(19)14-15-10-6-5-7-11-15/h5-7,10-11,16H,1-4,8-9,12-14,18-19H2,(H,20,21)/t16-/m0/s1. The van der Waals surface area contributed by atoms with Gasteiger partial charge in [-0.25, -0.2) is 0 Å². The van der Waals surface area contributed by atoms with E-state index in [4.69, 9.17) is 11.5 Å². The summed E-state index contributed by atoms with van der Waals surface area (Å²) in [7, 11) is 0. The van der Waals surface area contributed by atoms with Crippen LogP contribution in [0.15, 0.2) is 30.3 Å². The van der Waals surface area contributed by atoms with Crippen molar-refractivity contribution in [1.29, 1.82) is 0 Å². The minimum absolute atomic E-state index is 0.0537. The molecule has 0 aromatic heterocycles. The van der Waals surface area contributed by atoms with Crippen LogP contribution < -0.4 is 16.8 Å². The summed E-state index contributed by atoms with van der Waals surface area (Å²) in [6, 6.07) is 9.41. The van der Waals surface area contributed by atoms with E-state index in [1.54, 1.807) is 0 Å². The number of carbonyl (C=O) groups is 1. The molecule has 1 amide bonds. The summed E-state index contributed by atoms with van der Waals surface area (Å²) in [5.74, 6) is -0.0537. The molecule has 0 radical (unpaired) electrons. The smallest absolute Gasteiger partial charge is 0.237 e. The van der Waals surface area contributed by atoms with Crippen LogP contribution in [-0.4, -0.2) is 25.0 Å². The van der Waals surface area contributed by atoms with Crippen LogP contribution in [0.25, 0.3) is 0 Å². The van der Waals surface area contributed by atoms with E-state index in [9.17, 15) is 4.79 Å². The van der Waals surface area contributed by atoms with Gasteiger partial charge in [-0.2, -0.15) is 0 Å². The molecule has 1 aromatic rings. The fourth-order valence-corrected chi connectivity index (χ4v) is 2.28. The number of nitrogens with one attached hydrogen (secondary N) is 1. The molecule has 0 fully saturated rings. The molecule has 0 aliphatic rings. The molecule has 0 saturated carbocycles. The van der Waals surface area contributed by atoms with E-state index < -0.39 is 6.04 Å². The summed E-state index contributed by atoms with van der Waals surface area (Å²) in [4.78, 5) is 11.9. The monoisotopic (exact) mass is 291 g/mol. The van der Waals surface area contributed by atoms with Crippen LogP contribution in [0, 0.1) is 0 Å². The number of carbonyl (C=O) groups excluding carboxylic acids is 1. The highest BCUT2D eigenvalue weighted by molar-refractivity contribution is 5.81. The van der Waals surface area contributed by atoms with Crippen molar-refractivity contribution in [3.8, 4) is 0 Å². The lowest BCUT2D eigenvalue weighted by Crippen LogP contribution is -2.42. The van der Waals surface area contributed by atoms with Crippen molar-refractivity contribution in [1.82, 2.24) is 5.32 Å². The zero-order valence-corrected chi connectivity index (χ0v) is 12.9. The molecule has 0 spiro atoms. The van der Waals surface area contributed by atoms with Crippen molar-refractivity contribution in [2.75, 3.05) is 13.1 Å². The minimum atomic E-state index is -0.461. The maximum absolute atomic E-state index is 11.9. The highest BCUT2D eigenvalue weighted by Crippen LogP contribution is 2.04. The minimum Gasteiger partial charge on any atom is -0.355 e. The van der Waals surface area contributed by atoms with Gasteiger partial charge in [-0.05, 0) is 31.4 Å². The van der Waals surface area contributed by atoms with Crippen LogP contribution >= 0.6 is 0 Å². The number of rotatable bonds is 11. The van der Waals surface area contributed by atoms with Gasteiger partial charge in [-0.3, -0.25) is 4.79 Å². The summed E-state index contributed by atoms with van der Waals surface area (Å²) in [6.45, 7) is 1.51. The van der Waals surface area contributed by atoms with E-state index in [0.29, 0.717) is 6.42 Å². The number of hydrogen-bond donors (Lipinski definition) is 3. The lowest BCUT2D eigenvalue weighted by molar-refractivity contribution is -0.122. The highest BCUT2D eigenvalue weighted by atomic mass is 16.2. The largest absolute Gasteiger partial charge is 0.355 e. The van der Waals surface area contributed by atoms with Gasteiger partial charge in [0.15, 0.2) is 0 Å². The second-order valence-electron chi connectivity index (χ2n) is 5.50. The Morgan fingerprint density at radius 2 is 1.62 bits per heavy atom. The van der Waals surface area contributed by atoms with E-state index in [-0.39, 0.29) is 5.91 Å². The molecular weight excluding hydrogens is 262 g/mol. The lowest BCUT2D eigenvalue weighted by Gasteiger charge is -2.12. The van der Waals surface area contributed by atoms with Gasteiger partial charge in [0.25, 0.3) is 0 Å². The third-order valence-electron chi connectivity index (χ3n) is 3.57. The Labute approximate surface area is 128 Å². The summed E-state index contributed by atoms with van der Waals surface area (Å²) < 4.78 is 0. The second-order valence-corrected chi connectivity index (χ2v) is 5.50. The predicted molar refractivity (Wildman–Crippen MR) is 87.9 cm³/mol. The van der Waals surface area contributed by atoms with Crippen LogP contribution in [0.5, 0.6) is 0 Å². The molecule has 4 nitrogen and oxygen atoms in total. The van der Waals surface area contributed by atoms with Crippen molar-refractivity contribution in [3.05, 3.63) is 35.9 Å². The number of amides is 1. The molecule has 118 valence electrons. The Kier molecular flexibility index (Phi) is 9.49. The van der Waals surface area contributed by atoms with Gasteiger partial charge >= 0.3 is 0 Å². The van der Waals surface area contributed by atoms with Gasteiger partial charge < -0.3 is 16.8 Å². The molecule has 0 aliphatic carbocycles. The molecule has 1 rings (SSSR count). The normalized spacial score (nSPS) is 12.1. The Morgan fingerprint density at radius 3 is 2.29 bits per heavy atom. The number of hydrogen-bond acceptors (Lipinski definition) is 3. The topological polar surface area (TPSA) is 81.1 Å². The molecule has 0 heterocycles. The molecule has 1 aromatic carbocycles. The van der Waals surface area contributed by atoms with E-state index in [1.807, 2.05) is 30.3 Å². The van der Waals surface area contributed by atoms with Crippen molar-refractivity contribution < 1.29 is 4.79 Å². The number of nitrogens with two attached hydrogens (primary N) is 2. The second kappa shape index (κ2) is 11.3. The first-order valence-corrected chi connectivity index (χ1v) is 8.01. The van der Waals surface area contributed by atoms with Crippen molar-refractivity contribution in [2.45, 2.75) is 51.0 Å². The maximum Gasteiger partial charge on any atom is 0.237 e. The van der Waals surface area contributed by atoms with Crippen LogP contribution in [0.3, 0.4) is 0 Å². The third kappa shape index (κ3) is 8.48. The van der Waals surface area contributed by atoms with Crippen molar-refractivity contribution in [2.24, 2.45) is 11.5 Å². The molecule has 0 bridgehead atoms. The summed E-state index contributed by atoms with van der Waals surface area (Å²) >= 11 is 0. The van der Waals surface area contributed by atoms with Crippen LogP contribution in [0.2, 0.25) is 0 Å². The SMILES string of the molecule is NCCCCCCCCNC(=O)[C@@H](N)Cc1ccccc1. The quantitative estimate of drug-likeness (QED) is 0.545. The van der Waals surface area contributed by atoms with Gasteiger partial charge in [0.1, 0.15) is 0 Å². The summed E-state index contributed by atoms with van der Waals surface area (Å²) in [5, 5.41) is 2.92. The van der Waals surface area contributed by atoms with Gasteiger partial charge in [0, 0.05) is 6.54 Å². The van der Waals surface area contributed by atoms with Crippen LogP contribution in [0.1, 0.15) is 44.1 Å². The Hall–Kier alpha value is -1.39. The molecule has 0 unspecified atom stereocenters.